The highest BCUT2D eigenvalue weighted by Gasteiger charge is 2.34. The molecular weight excluding hydrogens is 459 g/mol. The molecule has 0 amide bonds. The number of sulfonamides is 1. The molecule has 0 aliphatic carbocycles. The van der Waals surface area contributed by atoms with Gasteiger partial charge in [-0.2, -0.15) is 5.26 Å². The summed E-state index contributed by atoms with van der Waals surface area (Å²) >= 11 is 0. The summed E-state index contributed by atoms with van der Waals surface area (Å²) in [6.07, 6.45) is 0.128. The van der Waals surface area contributed by atoms with Gasteiger partial charge in [-0.1, -0.05) is 18.2 Å². The third kappa shape index (κ3) is 6.60. The number of morpholine rings is 2. The van der Waals surface area contributed by atoms with Crippen molar-refractivity contribution in [3.8, 4) is 6.07 Å². The Kier molecular flexibility index (Phi) is 8.26. The van der Waals surface area contributed by atoms with Crippen LogP contribution in [0.4, 0.5) is 4.39 Å². The van der Waals surface area contributed by atoms with E-state index >= 15 is 0 Å². The van der Waals surface area contributed by atoms with E-state index in [9.17, 15) is 12.8 Å². The highest BCUT2D eigenvalue weighted by molar-refractivity contribution is 7.89. The molecule has 34 heavy (non-hydrogen) atoms. The standard InChI is InChI=1S/C24H29FN4O4S/c25-24-4-2-1-3-20(24)18-32-12-11-29-16-21-14-28(15-22(17-29)33-21)10-9-27-34(30,31)23-7-5-19(13-26)6-8-23/h1-8,21-22,27H,9-12,14-18H2. The average molecular weight is 489 g/mol. The molecule has 0 spiro atoms. The molecule has 2 aromatic carbocycles. The molecule has 182 valence electrons. The van der Waals surface area contributed by atoms with Gasteiger partial charge in [-0.25, -0.2) is 17.5 Å². The summed E-state index contributed by atoms with van der Waals surface area (Å²) in [5.41, 5.74) is 0.983. The van der Waals surface area contributed by atoms with Crippen molar-refractivity contribution in [1.29, 1.82) is 5.26 Å². The molecule has 2 bridgehead atoms. The monoisotopic (exact) mass is 488 g/mol. The minimum Gasteiger partial charge on any atom is -0.375 e. The molecule has 0 aromatic heterocycles. The lowest BCUT2D eigenvalue weighted by molar-refractivity contribution is -0.140. The zero-order valence-corrected chi connectivity index (χ0v) is 19.7. The first-order valence-corrected chi connectivity index (χ1v) is 12.8. The van der Waals surface area contributed by atoms with E-state index in [2.05, 4.69) is 14.5 Å². The van der Waals surface area contributed by atoms with Crippen molar-refractivity contribution in [2.45, 2.75) is 23.7 Å². The maximum atomic E-state index is 13.7. The molecule has 2 fully saturated rings. The predicted octanol–water partition coefficient (Wildman–Crippen LogP) is 1.58. The SMILES string of the molecule is N#Cc1ccc(S(=O)(=O)NCCN2CC3CN(CCOCc4ccccc4F)CC(C2)O3)cc1. The van der Waals surface area contributed by atoms with E-state index in [4.69, 9.17) is 14.7 Å². The first-order valence-electron chi connectivity index (χ1n) is 11.3. The van der Waals surface area contributed by atoms with E-state index in [1.54, 1.807) is 18.2 Å². The molecule has 4 rings (SSSR count). The number of hydrogen-bond donors (Lipinski definition) is 1. The third-order valence-corrected chi connectivity index (χ3v) is 7.49. The van der Waals surface area contributed by atoms with Gasteiger partial charge in [0.1, 0.15) is 5.82 Å². The number of nitrogens with zero attached hydrogens (tertiary/aromatic N) is 3. The van der Waals surface area contributed by atoms with Gasteiger partial charge >= 0.3 is 0 Å². The second kappa shape index (κ2) is 11.4. The number of rotatable bonds is 10. The van der Waals surface area contributed by atoms with Gasteiger partial charge in [0, 0.05) is 51.4 Å². The normalized spacial score (nSPS) is 21.3. The molecule has 2 heterocycles. The largest absolute Gasteiger partial charge is 0.375 e. The summed E-state index contributed by atoms with van der Waals surface area (Å²) in [6.45, 7) is 5.48. The molecule has 10 heteroatoms. The van der Waals surface area contributed by atoms with E-state index in [1.807, 2.05) is 6.07 Å². The van der Waals surface area contributed by atoms with Gasteiger partial charge in [0.2, 0.25) is 10.0 Å². The lowest BCUT2D eigenvalue weighted by atomic mass is 10.1. The zero-order chi connectivity index (χ0) is 24.0. The fraction of sp³-hybridized carbons (Fsp3) is 0.458. The van der Waals surface area contributed by atoms with Gasteiger partial charge in [-0.05, 0) is 30.3 Å². The Morgan fingerprint density at radius 3 is 2.32 bits per heavy atom. The molecule has 1 N–H and O–H groups in total. The molecule has 2 atom stereocenters. The summed E-state index contributed by atoms with van der Waals surface area (Å²) in [6, 6.07) is 14.5. The molecular formula is C24H29FN4O4S. The van der Waals surface area contributed by atoms with Crippen molar-refractivity contribution in [3.63, 3.8) is 0 Å². The van der Waals surface area contributed by atoms with Crippen LogP contribution in [0.2, 0.25) is 0 Å². The Morgan fingerprint density at radius 2 is 1.68 bits per heavy atom. The smallest absolute Gasteiger partial charge is 0.240 e. The molecule has 2 aliphatic heterocycles. The van der Waals surface area contributed by atoms with Crippen LogP contribution in [-0.4, -0.2) is 82.8 Å². The minimum atomic E-state index is -3.61. The second-order valence-electron chi connectivity index (χ2n) is 8.58. The number of halogens is 1. The molecule has 8 nitrogen and oxygen atoms in total. The summed E-state index contributed by atoms with van der Waals surface area (Å²) in [7, 11) is -3.61. The highest BCUT2D eigenvalue weighted by Crippen LogP contribution is 2.19. The molecule has 2 aliphatic rings. The third-order valence-electron chi connectivity index (χ3n) is 6.01. The first kappa shape index (κ1) is 24.7. The predicted molar refractivity (Wildman–Crippen MR) is 124 cm³/mol. The fourth-order valence-corrected chi connectivity index (χ4v) is 5.37. The van der Waals surface area contributed by atoms with Crippen LogP contribution in [0.5, 0.6) is 0 Å². The van der Waals surface area contributed by atoms with Crippen molar-refractivity contribution in [3.05, 3.63) is 65.5 Å². The van der Waals surface area contributed by atoms with Gasteiger partial charge in [-0.15, -0.1) is 0 Å². The maximum Gasteiger partial charge on any atom is 0.240 e. The van der Waals surface area contributed by atoms with Crippen LogP contribution >= 0.6 is 0 Å². The quantitative estimate of drug-likeness (QED) is 0.508. The topological polar surface area (TPSA) is 94.9 Å². The van der Waals surface area contributed by atoms with Crippen molar-refractivity contribution < 1.29 is 22.3 Å². The van der Waals surface area contributed by atoms with Crippen molar-refractivity contribution in [1.82, 2.24) is 14.5 Å². The molecule has 0 saturated carbocycles. The summed E-state index contributed by atoms with van der Waals surface area (Å²) in [4.78, 5) is 4.69. The molecule has 2 saturated heterocycles. The van der Waals surface area contributed by atoms with Crippen LogP contribution in [0.15, 0.2) is 53.4 Å². The van der Waals surface area contributed by atoms with Crippen molar-refractivity contribution in [2.75, 3.05) is 52.4 Å². The van der Waals surface area contributed by atoms with Crippen LogP contribution in [0.3, 0.4) is 0 Å². The van der Waals surface area contributed by atoms with Crippen molar-refractivity contribution in [2.24, 2.45) is 0 Å². The van der Waals surface area contributed by atoms with E-state index < -0.39 is 10.0 Å². The lowest BCUT2D eigenvalue weighted by Crippen LogP contribution is -2.60. The molecule has 0 radical (unpaired) electrons. The Balaban J connectivity index is 1.17. The van der Waals surface area contributed by atoms with Crippen LogP contribution in [0.25, 0.3) is 0 Å². The van der Waals surface area contributed by atoms with E-state index in [1.165, 1.54) is 30.3 Å². The zero-order valence-electron chi connectivity index (χ0n) is 18.9. The number of hydrogen-bond acceptors (Lipinski definition) is 7. The summed E-state index contributed by atoms with van der Waals surface area (Å²) < 4.78 is 53.0. The minimum absolute atomic E-state index is 0.0641. The van der Waals surface area contributed by atoms with Gasteiger partial charge in [0.15, 0.2) is 0 Å². The van der Waals surface area contributed by atoms with Gasteiger partial charge in [-0.3, -0.25) is 9.80 Å². The summed E-state index contributed by atoms with van der Waals surface area (Å²) in [5.74, 6) is -0.248. The Morgan fingerprint density at radius 1 is 1.03 bits per heavy atom. The fourth-order valence-electron chi connectivity index (χ4n) is 4.35. The Labute approximate surface area is 199 Å². The van der Waals surface area contributed by atoms with Crippen molar-refractivity contribution >= 4 is 10.0 Å². The van der Waals surface area contributed by atoms with E-state index in [-0.39, 0.29) is 29.5 Å². The molecule has 2 unspecified atom stereocenters. The van der Waals surface area contributed by atoms with Crippen LogP contribution in [-0.2, 0) is 26.1 Å². The number of benzene rings is 2. The van der Waals surface area contributed by atoms with Gasteiger partial charge in [0.25, 0.3) is 0 Å². The Hall–Kier alpha value is -2.39. The Bertz CT molecular complexity index is 1090. The van der Waals surface area contributed by atoms with Gasteiger partial charge in [0.05, 0.1) is 41.9 Å². The van der Waals surface area contributed by atoms with Crippen LogP contribution < -0.4 is 4.72 Å². The van der Waals surface area contributed by atoms with Crippen LogP contribution in [0, 0.1) is 17.1 Å². The lowest BCUT2D eigenvalue weighted by Gasteiger charge is -2.45. The van der Waals surface area contributed by atoms with E-state index in [0.717, 1.165) is 32.7 Å². The maximum absolute atomic E-state index is 13.7. The molecule has 2 aromatic rings. The summed E-state index contributed by atoms with van der Waals surface area (Å²) in [5, 5.41) is 8.85. The highest BCUT2D eigenvalue weighted by atomic mass is 32.2. The number of nitriles is 1. The second-order valence-corrected chi connectivity index (χ2v) is 10.3. The number of ether oxygens (including phenoxy) is 2. The number of fused-ring (bicyclic) bond motifs is 2. The van der Waals surface area contributed by atoms with Gasteiger partial charge < -0.3 is 9.47 Å². The van der Waals surface area contributed by atoms with E-state index in [0.29, 0.717) is 30.8 Å². The first-order chi connectivity index (χ1) is 16.4. The van der Waals surface area contributed by atoms with Crippen LogP contribution in [0.1, 0.15) is 11.1 Å². The number of nitrogens with one attached hydrogen (secondary N) is 1. The average Bonchev–Trinajstić information content (AvgIpc) is 2.82.